The molecule has 1 atom stereocenters. The first-order valence-corrected chi connectivity index (χ1v) is 9.76. The van der Waals surface area contributed by atoms with Crippen LogP contribution in [0.4, 0.5) is 20.7 Å². The van der Waals surface area contributed by atoms with Crippen LogP contribution in [0.1, 0.15) is 12.8 Å². The predicted octanol–water partition coefficient (Wildman–Crippen LogP) is 3.24. The Morgan fingerprint density at radius 3 is 2.70 bits per heavy atom. The molecule has 154 valence electrons. The molecule has 2 amide bonds. The second kappa shape index (κ2) is 7.42. The zero-order valence-corrected chi connectivity index (χ0v) is 16.0. The maximum absolute atomic E-state index is 13.4. The van der Waals surface area contributed by atoms with Gasteiger partial charge in [-0.15, -0.1) is 5.10 Å². The second-order valence-electron chi connectivity index (χ2n) is 7.17. The molecule has 2 saturated heterocycles. The van der Waals surface area contributed by atoms with Gasteiger partial charge in [0.15, 0.2) is 5.82 Å². The van der Waals surface area contributed by atoms with Crippen LogP contribution in [-0.2, 0) is 14.3 Å². The van der Waals surface area contributed by atoms with Crippen LogP contribution in [0.5, 0.6) is 0 Å². The fourth-order valence-corrected chi connectivity index (χ4v) is 3.84. The summed E-state index contributed by atoms with van der Waals surface area (Å²) >= 11 is 0. The van der Waals surface area contributed by atoms with Crippen LogP contribution >= 0.6 is 0 Å². The van der Waals surface area contributed by atoms with E-state index in [0.717, 1.165) is 6.42 Å². The molecule has 8 nitrogen and oxygen atoms in total. The molecule has 0 unspecified atom stereocenters. The van der Waals surface area contributed by atoms with Crippen molar-refractivity contribution in [3.8, 4) is 5.69 Å². The number of ether oxygens (including phenoxy) is 2. The molecule has 3 aromatic rings. The Hall–Kier alpha value is -3.46. The van der Waals surface area contributed by atoms with Gasteiger partial charge in [0, 0.05) is 6.61 Å². The molecule has 0 aliphatic carbocycles. The fourth-order valence-electron chi connectivity index (χ4n) is 3.84. The minimum atomic E-state index is -0.528. The minimum Gasteiger partial charge on any atom is -0.447 e. The Morgan fingerprint density at radius 1 is 1.17 bits per heavy atom. The van der Waals surface area contributed by atoms with E-state index in [1.54, 1.807) is 28.9 Å². The van der Waals surface area contributed by atoms with Gasteiger partial charge in [-0.1, -0.05) is 6.07 Å². The molecule has 3 heterocycles. The molecule has 9 heteroatoms. The SMILES string of the molecule is O=C(Nc1nn(-c2ccc(F)cc2)c2cccc(N3CCOC3=O)c12)[C@H]1CCCO1. The summed E-state index contributed by atoms with van der Waals surface area (Å²) in [4.78, 5) is 26.4. The molecule has 0 bridgehead atoms. The quantitative estimate of drug-likeness (QED) is 0.714. The van der Waals surface area contributed by atoms with E-state index in [-0.39, 0.29) is 11.7 Å². The minimum absolute atomic E-state index is 0.281. The molecule has 1 N–H and O–H groups in total. The van der Waals surface area contributed by atoms with Gasteiger partial charge < -0.3 is 14.8 Å². The van der Waals surface area contributed by atoms with Gasteiger partial charge in [-0.05, 0) is 49.2 Å². The van der Waals surface area contributed by atoms with Gasteiger partial charge in [-0.3, -0.25) is 9.69 Å². The molecule has 0 spiro atoms. The number of amides is 2. The van der Waals surface area contributed by atoms with Gasteiger partial charge in [0.25, 0.3) is 5.91 Å². The molecule has 30 heavy (non-hydrogen) atoms. The van der Waals surface area contributed by atoms with Gasteiger partial charge in [0.2, 0.25) is 0 Å². The summed E-state index contributed by atoms with van der Waals surface area (Å²) in [6.45, 7) is 1.24. The third-order valence-electron chi connectivity index (χ3n) is 5.27. The largest absolute Gasteiger partial charge is 0.447 e. The van der Waals surface area contributed by atoms with Gasteiger partial charge in [0.05, 0.1) is 28.8 Å². The summed E-state index contributed by atoms with van der Waals surface area (Å²) in [6.07, 6.45) is 0.495. The van der Waals surface area contributed by atoms with Gasteiger partial charge >= 0.3 is 6.09 Å². The van der Waals surface area contributed by atoms with Crippen LogP contribution in [0.15, 0.2) is 42.5 Å². The number of nitrogens with zero attached hydrogens (tertiary/aromatic N) is 3. The highest BCUT2D eigenvalue weighted by molar-refractivity contribution is 6.10. The standard InChI is InChI=1S/C21H19FN4O4/c22-13-6-8-14(9-7-13)26-16-4-1-3-15(25-10-12-30-21(25)28)18(16)19(24-26)23-20(27)17-5-2-11-29-17/h1,3-4,6-9,17H,2,5,10-12H2,(H,23,24,27)/t17-/m1/s1. The summed E-state index contributed by atoms with van der Waals surface area (Å²) in [5, 5.41) is 8.05. The fraction of sp³-hybridized carbons (Fsp3) is 0.286. The number of benzene rings is 2. The van der Waals surface area contributed by atoms with Crippen LogP contribution in [0.3, 0.4) is 0 Å². The number of halogens is 1. The Kier molecular flexibility index (Phi) is 4.59. The molecular weight excluding hydrogens is 391 g/mol. The Balaban J connectivity index is 1.65. The van der Waals surface area contributed by atoms with Crippen molar-refractivity contribution < 1.29 is 23.5 Å². The Morgan fingerprint density at radius 2 is 2.00 bits per heavy atom. The van der Waals surface area contributed by atoms with E-state index >= 15 is 0 Å². The molecule has 0 radical (unpaired) electrons. The highest BCUT2D eigenvalue weighted by Gasteiger charge is 2.30. The first-order chi connectivity index (χ1) is 14.6. The van der Waals surface area contributed by atoms with Crippen molar-refractivity contribution in [1.29, 1.82) is 0 Å². The van der Waals surface area contributed by atoms with Crippen molar-refractivity contribution in [2.75, 3.05) is 30.0 Å². The molecule has 0 saturated carbocycles. The van der Waals surface area contributed by atoms with Crippen molar-refractivity contribution in [1.82, 2.24) is 9.78 Å². The number of aromatic nitrogens is 2. The Bertz CT molecular complexity index is 1120. The lowest BCUT2D eigenvalue weighted by Gasteiger charge is -2.15. The van der Waals surface area contributed by atoms with E-state index in [1.807, 2.05) is 6.07 Å². The number of hydrogen-bond acceptors (Lipinski definition) is 5. The van der Waals surface area contributed by atoms with Crippen molar-refractivity contribution in [3.63, 3.8) is 0 Å². The monoisotopic (exact) mass is 410 g/mol. The summed E-state index contributed by atoms with van der Waals surface area (Å²) < 4.78 is 25.6. The van der Waals surface area contributed by atoms with Crippen LogP contribution in [0.2, 0.25) is 0 Å². The topological polar surface area (TPSA) is 85.7 Å². The summed E-state index contributed by atoms with van der Waals surface area (Å²) in [7, 11) is 0. The molecule has 1 aromatic heterocycles. The number of nitrogens with one attached hydrogen (secondary N) is 1. The lowest BCUT2D eigenvalue weighted by Crippen LogP contribution is -2.27. The van der Waals surface area contributed by atoms with Gasteiger partial charge in [-0.25, -0.2) is 13.9 Å². The smallest absolute Gasteiger partial charge is 0.414 e. The molecule has 5 rings (SSSR count). The summed E-state index contributed by atoms with van der Waals surface area (Å²) in [5.74, 6) is -0.329. The van der Waals surface area contributed by atoms with E-state index in [2.05, 4.69) is 10.4 Å². The van der Waals surface area contributed by atoms with E-state index in [0.29, 0.717) is 54.3 Å². The summed E-state index contributed by atoms with van der Waals surface area (Å²) in [5.41, 5.74) is 1.88. The normalized spacial score (nSPS) is 18.8. The van der Waals surface area contributed by atoms with Crippen LogP contribution in [0, 0.1) is 5.82 Å². The van der Waals surface area contributed by atoms with Gasteiger partial charge in [-0.2, -0.15) is 0 Å². The lowest BCUT2D eigenvalue weighted by molar-refractivity contribution is -0.124. The van der Waals surface area contributed by atoms with Crippen LogP contribution in [0.25, 0.3) is 16.6 Å². The number of anilines is 2. The zero-order chi connectivity index (χ0) is 20.7. The third kappa shape index (κ3) is 3.17. The molecule has 2 aliphatic heterocycles. The van der Waals surface area contributed by atoms with E-state index in [1.165, 1.54) is 17.0 Å². The number of carbonyl (C=O) groups is 2. The average Bonchev–Trinajstić information content (AvgIpc) is 3.49. The van der Waals surface area contributed by atoms with Gasteiger partial charge in [0.1, 0.15) is 18.5 Å². The first-order valence-electron chi connectivity index (χ1n) is 9.76. The van der Waals surface area contributed by atoms with E-state index in [9.17, 15) is 14.0 Å². The number of carbonyl (C=O) groups excluding carboxylic acids is 2. The first kappa shape index (κ1) is 18.6. The van der Waals surface area contributed by atoms with Crippen molar-refractivity contribution in [2.45, 2.75) is 18.9 Å². The molecule has 2 aromatic carbocycles. The number of rotatable bonds is 4. The zero-order valence-electron chi connectivity index (χ0n) is 16.0. The highest BCUT2D eigenvalue weighted by atomic mass is 19.1. The van der Waals surface area contributed by atoms with Crippen molar-refractivity contribution in [3.05, 3.63) is 48.3 Å². The van der Waals surface area contributed by atoms with Crippen molar-refractivity contribution in [2.24, 2.45) is 0 Å². The Labute approximate surface area is 171 Å². The number of cyclic esters (lactones) is 1. The molecule has 2 aliphatic rings. The maximum atomic E-state index is 13.4. The number of fused-ring (bicyclic) bond motifs is 1. The van der Waals surface area contributed by atoms with E-state index in [4.69, 9.17) is 9.47 Å². The lowest BCUT2D eigenvalue weighted by atomic mass is 10.1. The molecule has 2 fully saturated rings. The molecular formula is C21H19FN4O4. The second-order valence-corrected chi connectivity index (χ2v) is 7.17. The predicted molar refractivity (Wildman–Crippen MR) is 107 cm³/mol. The number of hydrogen-bond donors (Lipinski definition) is 1. The van der Waals surface area contributed by atoms with Crippen LogP contribution in [-0.4, -0.2) is 47.6 Å². The van der Waals surface area contributed by atoms with Crippen LogP contribution < -0.4 is 10.2 Å². The highest BCUT2D eigenvalue weighted by Crippen LogP contribution is 2.36. The summed E-state index contributed by atoms with van der Waals surface area (Å²) in [6, 6.07) is 11.3. The average molecular weight is 410 g/mol. The maximum Gasteiger partial charge on any atom is 0.414 e. The van der Waals surface area contributed by atoms with Crippen molar-refractivity contribution >= 4 is 34.4 Å². The van der Waals surface area contributed by atoms with E-state index < -0.39 is 12.2 Å². The third-order valence-corrected chi connectivity index (χ3v) is 5.27.